The molecule has 234 valence electrons. The Bertz CT molecular complexity index is 2230. The van der Waals surface area contributed by atoms with Crippen molar-refractivity contribution in [3.05, 3.63) is 113 Å². The van der Waals surface area contributed by atoms with Crippen LogP contribution in [0.2, 0.25) is 0 Å². The highest BCUT2D eigenvalue weighted by atomic mass is 32.2. The van der Waals surface area contributed by atoms with Crippen LogP contribution in [0.25, 0.3) is 22.3 Å². The maximum Gasteiger partial charge on any atom is 0.282 e. The van der Waals surface area contributed by atoms with E-state index in [0.29, 0.717) is 46.1 Å². The van der Waals surface area contributed by atoms with Gasteiger partial charge < -0.3 is 16.2 Å². The number of aromatic nitrogens is 6. The van der Waals surface area contributed by atoms with Gasteiger partial charge in [0.2, 0.25) is 0 Å². The standard InChI is InChI=1S/C32H31N9O4S/c1-4-25-26(39-46(44,45)24-12-10-23(42)11-13-24)16-21(17-34-25)27-29(33)35-18-36-30(27)37-20(3)31-38-40-15-14-19(2)28(40)32(43)41(31)22-8-6-5-7-9-22/h5-18,20,39,42H,4H2,1-3H3,(H3,33,35,36,37). The van der Waals surface area contributed by atoms with Crippen molar-refractivity contribution >= 4 is 32.9 Å². The number of nitrogen functional groups attached to an aromatic ring is 1. The van der Waals surface area contributed by atoms with E-state index in [1.54, 1.807) is 27.5 Å². The summed E-state index contributed by atoms with van der Waals surface area (Å²) in [4.78, 5) is 27.0. The van der Waals surface area contributed by atoms with Crippen LogP contribution in [0.3, 0.4) is 0 Å². The van der Waals surface area contributed by atoms with Crippen molar-refractivity contribution in [2.75, 3.05) is 15.8 Å². The highest BCUT2D eigenvalue weighted by Gasteiger charge is 2.23. The normalized spacial score (nSPS) is 12.2. The number of anilines is 3. The Morgan fingerprint density at radius 3 is 2.48 bits per heavy atom. The van der Waals surface area contributed by atoms with E-state index in [9.17, 15) is 18.3 Å². The predicted octanol–water partition coefficient (Wildman–Crippen LogP) is 4.47. The van der Waals surface area contributed by atoms with Crippen LogP contribution in [0.5, 0.6) is 5.75 Å². The Kier molecular flexibility index (Phi) is 7.88. The Balaban J connectivity index is 1.42. The van der Waals surface area contributed by atoms with Crippen LogP contribution >= 0.6 is 0 Å². The van der Waals surface area contributed by atoms with Crippen LogP contribution in [0.1, 0.15) is 37.0 Å². The summed E-state index contributed by atoms with van der Waals surface area (Å²) in [5.41, 5.74) is 9.70. The van der Waals surface area contributed by atoms with Crippen LogP contribution in [0.4, 0.5) is 17.3 Å². The smallest absolute Gasteiger partial charge is 0.282 e. The zero-order valence-electron chi connectivity index (χ0n) is 25.2. The maximum atomic E-state index is 13.8. The number of rotatable bonds is 9. The SMILES string of the molecule is CCc1ncc(-c2c(N)ncnc2NC(C)c2nn3ccc(C)c3c(=O)n2-c2ccccc2)cc1NS(=O)(=O)c1ccc(O)cc1. The largest absolute Gasteiger partial charge is 0.508 e. The van der Waals surface area contributed by atoms with Gasteiger partial charge in [0, 0.05) is 18.0 Å². The minimum absolute atomic E-state index is 0.0247. The van der Waals surface area contributed by atoms with Crippen molar-refractivity contribution in [1.82, 2.24) is 29.1 Å². The van der Waals surface area contributed by atoms with Crippen molar-refractivity contribution in [2.24, 2.45) is 0 Å². The van der Waals surface area contributed by atoms with E-state index >= 15 is 0 Å². The first kappa shape index (κ1) is 30.3. The summed E-state index contributed by atoms with van der Waals surface area (Å²) in [5, 5.41) is 17.8. The first-order valence-electron chi connectivity index (χ1n) is 14.4. The Morgan fingerprint density at radius 2 is 1.76 bits per heavy atom. The molecule has 1 unspecified atom stereocenters. The molecule has 5 N–H and O–H groups in total. The Hall–Kier alpha value is -5.76. The molecule has 13 nitrogen and oxygen atoms in total. The number of nitrogens with two attached hydrogens (primary N) is 1. The number of fused-ring (bicyclic) bond motifs is 1. The van der Waals surface area contributed by atoms with Crippen LogP contribution in [-0.4, -0.2) is 42.7 Å². The van der Waals surface area contributed by atoms with Gasteiger partial charge >= 0.3 is 0 Å². The second-order valence-electron chi connectivity index (χ2n) is 10.6. The van der Waals surface area contributed by atoms with Gasteiger partial charge in [-0.3, -0.25) is 19.1 Å². The third-order valence-electron chi connectivity index (χ3n) is 7.53. The summed E-state index contributed by atoms with van der Waals surface area (Å²) in [6.45, 7) is 5.57. The second kappa shape index (κ2) is 12.0. The van der Waals surface area contributed by atoms with Gasteiger partial charge in [-0.05, 0) is 74.4 Å². The number of nitrogens with one attached hydrogen (secondary N) is 2. The monoisotopic (exact) mass is 637 g/mol. The number of hydrogen-bond donors (Lipinski definition) is 4. The molecular weight excluding hydrogens is 606 g/mol. The lowest BCUT2D eigenvalue weighted by atomic mass is 10.1. The minimum Gasteiger partial charge on any atom is -0.508 e. The van der Waals surface area contributed by atoms with Gasteiger partial charge in [0.05, 0.1) is 33.6 Å². The maximum absolute atomic E-state index is 13.8. The number of hydrogen-bond acceptors (Lipinski definition) is 10. The van der Waals surface area contributed by atoms with E-state index in [0.717, 1.165) is 5.56 Å². The van der Waals surface area contributed by atoms with E-state index in [2.05, 4.69) is 25.0 Å². The lowest BCUT2D eigenvalue weighted by molar-refractivity contribution is 0.475. The van der Waals surface area contributed by atoms with E-state index < -0.39 is 16.1 Å². The predicted molar refractivity (Wildman–Crippen MR) is 176 cm³/mol. The van der Waals surface area contributed by atoms with Crippen molar-refractivity contribution in [3.63, 3.8) is 0 Å². The van der Waals surface area contributed by atoms with Crippen LogP contribution in [0.15, 0.2) is 95.1 Å². The van der Waals surface area contributed by atoms with E-state index in [-0.39, 0.29) is 27.7 Å². The summed E-state index contributed by atoms with van der Waals surface area (Å²) in [7, 11) is -4.01. The third-order valence-corrected chi connectivity index (χ3v) is 8.91. The molecule has 1 atom stereocenters. The molecule has 0 amide bonds. The number of benzene rings is 2. The second-order valence-corrected chi connectivity index (χ2v) is 12.3. The summed E-state index contributed by atoms with van der Waals surface area (Å²) < 4.78 is 32.2. The third kappa shape index (κ3) is 5.61. The first-order chi connectivity index (χ1) is 22.1. The van der Waals surface area contributed by atoms with Crippen LogP contribution in [-0.2, 0) is 16.4 Å². The summed E-state index contributed by atoms with van der Waals surface area (Å²) in [6, 6.07) is 17.4. The molecule has 14 heteroatoms. The summed E-state index contributed by atoms with van der Waals surface area (Å²) >= 11 is 0. The number of aryl methyl sites for hydroxylation is 2. The van der Waals surface area contributed by atoms with Crippen molar-refractivity contribution in [2.45, 2.75) is 38.1 Å². The Labute approximate surface area is 264 Å². The molecule has 0 saturated carbocycles. The molecule has 46 heavy (non-hydrogen) atoms. The number of sulfonamides is 1. The number of phenolic OH excluding ortho intramolecular Hbond substituents is 1. The molecule has 4 aromatic heterocycles. The molecule has 6 rings (SSSR count). The van der Waals surface area contributed by atoms with Gasteiger partial charge in [-0.2, -0.15) is 5.10 Å². The highest BCUT2D eigenvalue weighted by Crippen LogP contribution is 2.35. The topological polar surface area (TPSA) is 182 Å². The fourth-order valence-corrected chi connectivity index (χ4v) is 6.31. The molecule has 4 heterocycles. The number of para-hydroxylation sites is 1. The molecule has 0 fully saturated rings. The van der Waals surface area contributed by atoms with E-state index in [1.165, 1.54) is 30.6 Å². The lowest BCUT2D eigenvalue weighted by Gasteiger charge is -2.21. The number of nitrogens with zero attached hydrogens (tertiary/aromatic N) is 6. The number of phenols is 1. The quantitative estimate of drug-likeness (QED) is 0.176. The first-order valence-corrected chi connectivity index (χ1v) is 15.9. The molecule has 2 aromatic carbocycles. The lowest BCUT2D eigenvalue weighted by Crippen LogP contribution is -2.29. The van der Waals surface area contributed by atoms with Crippen molar-refractivity contribution in [1.29, 1.82) is 0 Å². The molecule has 0 aliphatic rings. The van der Waals surface area contributed by atoms with Gasteiger partial charge in [0.15, 0.2) is 5.82 Å². The van der Waals surface area contributed by atoms with Gasteiger partial charge in [-0.1, -0.05) is 25.1 Å². The molecule has 0 bridgehead atoms. The fourth-order valence-electron chi connectivity index (χ4n) is 5.23. The van der Waals surface area contributed by atoms with E-state index in [1.807, 2.05) is 57.2 Å². The summed E-state index contributed by atoms with van der Waals surface area (Å²) in [5.74, 6) is 0.832. The average molecular weight is 638 g/mol. The molecule has 0 aliphatic heterocycles. The molecule has 0 spiro atoms. The Morgan fingerprint density at radius 1 is 1.02 bits per heavy atom. The fraction of sp³-hybridized carbons (Fsp3) is 0.156. The van der Waals surface area contributed by atoms with Gasteiger partial charge in [-0.15, -0.1) is 0 Å². The molecule has 6 aromatic rings. The molecule has 0 saturated heterocycles. The highest BCUT2D eigenvalue weighted by molar-refractivity contribution is 7.92. The zero-order valence-corrected chi connectivity index (χ0v) is 26.0. The summed E-state index contributed by atoms with van der Waals surface area (Å²) in [6.07, 6.45) is 5.08. The van der Waals surface area contributed by atoms with Crippen LogP contribution < -0.4 is 21.3 Å². The van der Waals surface area contributed by atoms with Crippen molar-refractivity contribution in [3.8, 4) is 22.6 Å². The number of aromatic hydroxyl groups is 1. The van der Waals surface area contributed by atoms with Crippen LogP contribution in [0, 0.1) is 6.92 Å². The zero-order chi connectivity index (χ0) is 32.6. The molecular formula is C32H31N9O4S. The van der Waals surface area contributed by atoms with Gasteiger partial charge in [0.25, 0.3) is 15.6 Å². The van der Waals surface area contributed by atoms with Gasteiger partial charge in [0.1, 0.15) is 29.2 Å². The average Bonchev–Trinajstić information content (AvgIpc) is 3.42. The van der Waals surface area contributed by atoms with Crippen molar-refractivity contribution < 1.29 is 13.5 Å². The number of pyridine rings is 1. The molecule has 0 aliphatic carbocycles. The molecule has 0 radical (unpaired) electrons. The minimum atomic E-state index is -4.01. The van der Waals surface area contributed by atoms with E-state index in [4.69, 9.17) is 10.8 Å². The van der Waals surface area contributed by atoms with Gasteiger partial charge in [-0.25, -0.2) is 22.9 Å².